The Kier molecular flexibility index (Phi) is 8.54. The van der Waals surface area contributed by atoms with Crippen molar-refractivity contribution in [2.24, 2.45) is 0 Å². The molecule has 154 valence electrons. The van der Waals surface area contributed by atoms with E-state index < -0.39 is 60.9 Å². The number of aromatic hydroxyl groups is 2. The maximum atomic E-state index is 11.6. The van der Waals surface area contributed by atoms with Crippen LogP contribution < -0.4 is 0 Å². The third-order valence-corrected chi connectivity index (χ3v) is 3.58. The van der Waals surface area contributed by atoms with Gasteiger partial charge in [0.15, 0.2) is 11.5 Å². The fourth-order valence-corrected chi connectivity index (χ4v) is 1.98. The van der Waals surface area contributed by atoms with Gasteiger partial charge in [0.1, 0.15) is 24.9 Å². The number of carboxylic acids is 1. The molecule has 0 aliphatic heterocycles. The van der Waals surface area contributed by atoms with E-state index in [1.165, 1.54) is 24.3 Å². The van der Waals surface area contributed by atoms with Crippen LogP contribution in [-0.4, -0.2) is 84.5 Å². The van der Waals surface area contributed by atoms with Gasteiger partial charge in [-0.15, -0.1) is 0 Å². The van der Waals surface area contributed by atoms with Gasteiger partial charge in [-0.3, -0.25) is 4.79 Å². The number of hydrogen-bond acceptors (Lipinski definition) is 10. The number of ether oxygens (including phenoxy) is 1. The summed E-state index contributed by atoms with van der Waals surface area (Å²) < 4.78 is 4.65. The first-order valence-corrected chi connectivity index (χ1v) is 7.88. The van der Waals surface area contributed by atoms with Gasteiger partial charge >= 0.3 is 11.9 Å². The number of aliphatic carboxylic acids is 1. The molecule has 1 aromatic carbocycles. The van der Waals surface area contributed by atoms with Crippen LogP contribution in [0.2, 0.25) is 0 Å². The first kappa shape index (κ1) is 23.0. The third-order valence-electron chi connectivity index (χ3n) is 3.58. The Morgan fingerprint density at radius 3 is 2.14 bits per heavy atom. The fourth-order valence-electron chi connectivity index (χ4n) is 1.98. The summed E-state index contributed by atoms with van der Waals surface area (Å²) in [4.78, 5) is 32.9. The van der Waals surface area contributed by atoms with Crippen LogP contribution >= 0.6 is 0 Å². The van der Waals surface area contributed by atoms with E-state index in [0.29, 0.717) is 5.56 Å². The molecule has 11 heteroatoms. The third kappa shape index (κ3) is 6.96. The van der Waals surface area contributed by atoms with Gasteiger partial charge in [0.05, 0.1) is 6.10 Å². The zero-order valence-corrected chi connectivity index (χ0v) is 14.4. The number of hydrogen-bond donors (Lipinski definition) is 7. The van der Waals surface area contributed by atoms with E-state index in [1.807, 2.05) is 0 Å². The molecule has 4 atom stereocenters. The molecule has 1 rings (SSSR count). The van der Waals surface area contributed by atoms with Crippen LogP contribution in [0.5, 0.6) is 11.5 Å². The number of carbonyl (C=O) groups excluding carboxylic acids is 2. The quantitative estimate of drug-likeness (QED) is 0.100. The zero-order chi connectivity index (χ0) is 21.4. The molecule has 0 aliphatic carbocycles. The monoisotopic (exact) mass is 400 g/mol. The Balaban J connectivity index is 2.52. The van der Waals surface area contributed by atoms with Crippen molar-refractivity contribution in [1.82, 2.24) is 0 Å². The van der Waals surface area contributed by atoms with Crippen LogP contribution in [0.15, 0.2) is 24.3 Å². The van der Waals surface area contributed by atoms with Crippen molar-refractivity contribution in [3.05, 3.63) is 29.8 Å². The highest BCUT2D eigenvalue weighted by Gasteiger charge is 2.33. The molecule has 0 unspecified atom stereocenters. The molecule has 0 saturated heterocycles. The summed E-state index contributed by atoms with van der Waals surface area (Å²) in [7, 11) is 0. The largest absolute Gasteiger partial charge is 0.504 e. The molecule has 0 bridgehead atoms. The molecular weight excluding hydrogens is 380 g/mol. The maximum absolute atomic E-state index is 11.6. The molecule has 0 saturated carbocycles. The molecule has 0 spiro atoms. The fraction of sp³-hybridized carbons (Fsp3) is 0.353. The highest BCUT2D eigenvalue weighted by molar-refractivity contribution is 6.32. The number of phenols is 2. The molecular formula is C17H20O11. The molecule has 0 amide bonds. The number of aliphatic hydroxyl groups excluding tert-OH is 4. The van der Waals surface area contributed by atoms with Crippen molar-refractivity contribution >= 4 is 23.8 Å². The average molecular weight is 400 g/mol. The molecule has 1 aromatic rings. The molecule has 0 fully saturated rings. The number of carboxylic acid groups (broad SMARTS) is 1. The van der Waals surface area contributed by atoms with E-state index in [2.05, 4.69) is 4.74 Å². The first-order valence-electron chi connectivity index (χ1n) is 7.88. The predicted octanol–water partition coefficient (Wildman–Crippen LogP) is -1.86. The SMILES string of the molecule is O=C(/C=C/c1ccc(O)c(O)c1)OC[C@@H](O)[C@@H](O)[C@H](O)[C@H](O)CC(=O)C(=O)O. The molecule has 0 aromatic heterocycles. The van der Waals surface area contributed by atoms with Gasteiger partial charge in [0, 0.05) is 12.5 Å². The van der Waals surface area contributed by atoms with Gasteiger partial charge in [-0.2, -0.15) is 0 Å². The van der Waals surface area contributed by atoms with Crippen molar-refractivity contribution in [1.29, 1.82) is 0 Å². The van der Waals surface area contributed by atoms with Crippen LogP contribution in [0.1, 0.15) is 12.0 Å². The van der Waals surface area contributed by atoms with Gasteiger partial charge in [-0.05, 0) is 23.8 Å². The van der Waals surface area contributed by atoms with Gasteiger partial charge in [-0.1, -0.05) is 6.07 Å². The Hall–Kier alpha value is -2.99. The number of rotatable bonds is 10. The van der Waals surface area contributed by atoms with Crippen LogP contribution in [0.4, 0.5) is 0 Å². The van der Waals surface area contributed by atoms with Crippen LogP contribution in [-0.2, 0) is 19.1 Å². The summed E-state index contributed by atoms with van der Waals surface area (Å²) >= 11 is 0. The number of ketones is 1. The van der Waals surface area contributed by atoms with E-state index in [4.69, 9.17) is 5.11 Å². The minimum Gasteiger partial charge on any atom is -0.504 e. The molecule has 0 heterocycles. The van der Waals surface area contributed by atoms with Gasteiger partial charge < -0.3 is 40.5 Å². The molecule has 0 aliphatic rings. The number of Topliss-reactive ketones (excluding diaryl/α,β-unsaturated/α-hetero) is 1. The summed E-state index contributed by atoms with van der Waals surface area (Å²) in [6, 6.07) is 3.77. The topological polar surface area (TPSA) is 202 Å². The van der Waals surface area contributed by atoms with Crippen molar-refractivity contribution in [3.63, 3.8) is 0 Å². The highest BCUT2D eigenvalue weighted by atomic mass is 16.5. The maximum Gasteiger partial charge on any atom is 0.372 e. The van der Waals surface area contributed by atoms with Crippen LogP contribution in [0.25, 0.3) is 6.08 Å². The number of phenolic OH excluding ortho intramolecular Hbond substituents is 2. The summed E-state index contributed by atoms with van der Waals surface area (Å²) in [5, 5.41) is 65.5. The predicted molar refractivity (Wildman–Crippen MR) is 91.1 cm³/mol. The van der Waals surface area contributed by atoms with Crippen molar-refractivity contribution in [2.75, 3.05) is 6.61 Å². The van der Waals surface area contributed by atoms with E-state index in [-0.39, 0.29) is 5.75 Å². The summed E-state index contributed by atoms with van der Waals surface area (Å²) in [6.45, 7) is -0.776. The lowest BCUT2D eigenvalue weighted by atomic mass is 9.99. The van der Waals surface area contributed by atoms with Gasteiger partial charge in [0.25, 0.3) is 0 Å². The molecule has 7 N–H and O–H groups in total. The second-order valence-electron chi connectivity index (χ2n) is 5.76. The lowest BCUT2D eigenvalue weighted by molar-refractivity contribution is -0.155. The molecule has 0 radical (unpaired) electrons. The van der Waals surface area contributed by atoms with Crippen LogP contribution in [0.3, 0.4) is 0 Å². The zero-order valence-electron chi connectivity index (χ0n) is 14.4. The first-order chi connectivity index (χ1) is 13.0. The van der Waals surface area contributed by atoms with E-state index >= 15 is 0 Å². The Bertz CT molecular complexity index is 743. The van der Waals surface area contributed by atoms with Crippen LogP contribution in [0, 0.1) is 0 Å². The number of esters is 1. The lowest BCUT2D eigenvalue weighted by Crippen LogP contribution is -2.47. The van der Waals surface area contributed by atoms with Crippen molar-refractivity contribution < 1.29 is 54.9 Å². The smallest absolute Gasteiger partial charge is 0.372 e. The summed E-state index contributed by atoms with van der Waals surface area (Å²) in [6.07, 6.45) is -6.69. The van der Waals surface area contributed by atoms with Gasteiger partial charge in [-0.25, -0.2) is 9.59 Å². The lowest BCUT2D eigenvalue weighted by Gasteiger charge is -2.25. The Morgan fingerprint density at radius 1 is 0.964 bits per heavy atom. The minimum absolute atomic E-state index is 0.345. The number of aliphatic hydroxyl groups is 4. The standard InChI is InChI=1S/C17H20O11/c18-9-3-1-8(5-10(9)19)2-4-14(23)28-7-13(22)16(25)15(24)11(20)6-12(21)17(26)27/h1-5,11,13,15-16,18-20,22,24-25H,6-7H2,(H,26,27)/b4-2+/t11-,13-,15-,16-/m1/s1. The highest BCUT2D eigenvalue weighted by Crippen LogP contribution is 2.25. The summed E-state index contributed by atoms with van der Waals surface area (Å²) in [5.41, 5.74) is 0.356. The van der Waals surface area contributed by atoms with Crippen molar-refractivity contribution in [2.45, 2.75) is 30.8 Å². The number of benzene rings is 1. The normalized spacial score (nSPS) is 15.6. The van der Waals surface area contributed by atoms with E-state index in [0.717, 1.165) is 6.08 Å². The number of carbonyl (C=O) groups is 3. The summed E-state index contributed by atoms with van der Waals surface area (Å²) in [5.74, 6) is -4.92. The minimum atomic E-state index is -2.06. The molecule has 11 nitrogen and oxygen atoms in total. The Morgan fingerprint density at radius 2 is 1.57 bits per heavy atom. The Labute approximate surface area is 158 Å². The molecule has 28 heavy (non-hydrogen) atoms. The van der Waals surface area contributed by atoms with Crippen molar-refractivity contribution in [3.8, 4) is 11.5 Å². The van der Waals surface area contributed by atoms with Gasteiger partial charge in [0.2, 0.25) is 5.78 Å². The second-order valence-corrected chi connectivity index (χ2v) is 5.76. The average Bonchev–Trinajstić information content (AvgIpc) is 2.65. The second kappa shape index (κ2) is 10.4. The van der Waals surface area contributed by atoms with E-state index in [1.54, 1.807) is 0 Å². The van der Waals surface area contributed by atoms with E-state index in [9.17, 15) is 45.0 Å².